The van der Waals surface area contributed by atoms with Gasteiger partial charge in [-0.15, -0.1) is 0 Å². The average Bonchev–Trinajstić information content (AvgIpc) is 3.22. The number of amides is 1. The van der Waals surface area contributed by atoms with Gasteiger partial charge in [-0.3, -0.25) is 4.79 Å². The number of methoxy groups -OCH3 is 1. The Balaban J connectivity index is 1.32. The Morgan fingerprint density at radius 3 is 2.50 bits per heavy atom. The molecule has 0 aliphatic heterocycles. The molecule has 4 rings (SSSR count). The quantitative estimate of drug-likeness (QED) is 0.319. The molecule has 0 radical (unpaired) electrons. The number of nitrogens with zero attached hydrogens (tertiary/aromatic N) is 2. The molecule has 1 aromatic heterocycles. The van der Waals surface area contributed by atoms with Gasteiger partial charge in [0.1, 0.15) is 23.1 Å². The Labute approximate surface area is 198 Å². The van der Waals surface area contributed by atoms with E-state index in [4.69, 9.17) is 14.5 Å². The molecule has 1 amide bonds. The van der Waals surface area contributed by atoms with Crippen LogP contribution in [0.1, 0.15) is 29.0 Å². The lowest BCUT2D eigenvalue weighted by atomic mass is 10.2. The molecule has 0 bridgehead atoms. The van der Waals surface area contributed by atoms with Crippen LogP contribution in [0.15, 0.2) is 72.8 Å². The number of imidazole rings is 1. The Bertz CT molecular complexity index is 1240. The third-order valence-electron chi connectivity index (χ3n) is 5.57. The van der Waals surface area contributed by atoms with E-state index in [9.17, 15) is 9.18 Å². The Morgan fingerprint density at radius 1 is 0.971 bits per heavy atom. The lowest BCUT2D eigenvalue weighted by Gasteiger charge is -2.11. The van der Waals surface area contributed by atoms with Crippen LogP contribution in [0.3, 0.4) is 0 Å². The van der Waals surface area contributed by atoms with Gasteiger partial charge in [-0.1, -0.05) is 24.3 Å². The topological polar surface area (TPSA) is 65.4 Å². The van der Waals surface area contributed by atoms with E-state index in [1.54, 1.807) is 19.2 Å². The summed E-state index contributed by atoms with van der Waals surface area (Å²) in [7, 11) is 1.64. The smallest absolute Gasteiger partial charge is 0.254 e. The maximum Gasteiger partial charge on any atom is 0.254 e. The molecule has 3 aromatic carbocycles. The number of carbonyl (C=O) groups is 1. The Hall–Kier alpha value is -3.87. The fourth-order valence-electron chi connectivity index (χ4n) is 3.84. The summed E-state index contributed by atoms with van der Waals surface area (Å²) >= 11 is 0. The van der Waals surface area contributed by atoms with Gasteiger partial charge in [0.05, 0.1) is 30.3 Å². The van der Waals surface area contributed by atoms with Crippen molar-refractivity contribution in [3.63, 3.8) is 0 Å². The van der Waals surface area contributed by atoms with Crippen LogP contribution >= 0.6 is 0 Å². The minimum atomic E-state index is -0.515. The van der Waals surface area contributed by atoms with Crippen LogP contribution in [0.4, 0.5) is 4.39 Å². The molecule has 0 unspecified atom stereocenters. The maximum atomic E-state index is 13.8. The van der Waals surface area contributed by atoms with Crippen molar-refractivity contribution in [1.82, 2.24) is 14.9 Å². The summed E-state index contributed by atoms with van der Waals surface area (Å²) in [6, 6.07) is 21.6. The highest BCUT2D eigenvalue weighted by atomic mass is 19.1. The van der Waals surface area contributed by atoms with Crippen molar-refractivity contribution >= 4 is 16.9 Å². The molecule has 0 aliphatic rings. The van der Waals surface area contributed by atoms with Crippen molar-refractivity contribution in [3.05, 3.63) is 90.0 Å². The molecule has 7 heteroatoms. The van der Waals surface area contributed by atoms with Gasteiger partial charge in [0.2, 0.25) is 0 Å². The first-order valence-electron chi connectivity index (χ1n) is 11.4. The third-order valence-corrected chi connectivity index (χ3v) is 5.57. The zero-order chi connectivity index (χ0) is 23.8. The molecule has 34 heavy (non-hydrogen) atoms. The summed E-state index contributed by atoms with van der Waals surface area (Å²) in [6.45, 7) is 1.79. The van der Waals surface area contributed by atoms with E-state index in [0.29, 0.717) is 26.0 Å². The zero-order valence-electron chi connectivity index (χ0n) is 19.2. The molecule has 6 nitrogen and oxygen atoms in total. The van der Waals surface area contributed by atoms with Crippen LogP contribution in [0.25, 0.3) is 11.0 Å². The normalized spacial score (nSPS) is 10.9. The number of aromatic nitrogens is 2. The molecule has 0 atom stereocenters. The molecule has 0 aliphatic carbocycles. The second-order valence-electron chi connectivity index (χ2n) is 7.89. The zero-order valence-corrected chi connectivity index (χ0v) is 19.2. The van der Waals surface area contributed by atoms with Crippen LogP contribution in [0.2, 0.25) is 0 Å². The second kappa shape index (κ2) is 11.3. The standard InChI is InChI=1S/C27H28FN3O3/c1-33-20-13-15-21(16-14-20)34-19-7-18-31-25-11-5-4-10-24(25)30-26(31)12-6-17-29-27(32)22-8-2-3-9-23(22)28/h2-5,8-11,13-16H,6-7,12,17-19H2,1H3,(H,29,32). The fourth-order valence-corrected chi connectivity index (χ4v) is 3.84. The summed E-state index contributed by atoms with van der Waals surface area (Å²) in [4.78, 5) is 17.0. The van der Waals surface area contributed by atoms with Crippen molar-refractivity contribution in [1.29, 1.82) is 0 Å². The summed E-state index contributed by atoms with van der Waals surface area (Å²) in [6.07, 6.45) is 2.22. The van der Waals surface area contributed by atoms with Crippen LogP contribution in [-0.4, -0.2) is 35.7 Å². The minimum Gasteiger partial charge on any atom is -0.497 e. The molecule has 0 fully saturated rings. The van der Waals surface area contributed by atoms with Crippen molar-refractivity contribution < 1.29 is 18.7 Å². The molecule has 4 aromatic rings. The second-order valence-corrected chi connectivity index (χ2v) is 7.89. The number of rotatable bonds is 11. The maximum absolute atomic E-state index is 13.8. The Kier molecular flexibility index (Phi) is 7.75. The molecule has 0 saturated heterocycles. The van der Waals surface area contributed by atoms with Crippen molar-refractivity contribution in [2.24, 2.45) is 0 Å². The number of benzene rings is 3. The van der Waals surface area contributed by atoms with Gasteiger partial charge in [0, 0.05) is 19.5 Å². The Morgan fingerprint density at radius 2 is 1.71 bits per heavy atom. The molecule has 176 valence electrons. The number of aryl methyl sites for hydroxylation is 2. The molecule has 1 N–H and O–H groups in total. The first-order chi connectivity index (χ1) is 16.7. The van der Waals surface area contributed by atoms with Crippen molar-refractivity contribution in [3.8, 4) is 11.5 Å². The number of nitrogens with one attached hydrogen (secondary N) is 1. The molecular weight excluding hydrogens is 433 g/mol. The van der Waals surface area contributed by atoms with Crippen LogP contribution in [0, 0.1) is 5.82 Å². The number of halogens is 1. The summed E-state index contributed by atoms with van der Waals surface area (Å²) < 4.78 is 27.0. The van der Waals surface area contributed by atoms with E-state index in [2.05, 4.69) is 16.0 Å². The van der Waals surface area contributed by atoms with Crippen LogP contribution in [0.5, 0.6) is 11.5 Å². The van der Waals surface area contributed by atoms with Gasteiger partial charge in [-0.05, 0) is 61.4 Å². The SMILES string of the molecule is COc1ccc(OCCCn2c(CCCNC(=O)c3ccccc3F)nc3ccccc32)cc1. The monoisotopic (exact) mass is 461 g/mol. The van der Waals surface area contributed by atoms with E-state index in [0.717, 1.165) is 41.3 Å². The number of carbonyl (C=O) groups excluding carboxylic acids is 1. The number of fused-ring (bicyclic) bond motifs is 1. The third kappa shape index (κ3) is 5.73. The van der Waals surface area contributed by atoms with Crippen molar-refractivity contribution in [2.75, 3.05) is 20.3 Å². The van der Waals surface area contributed by atoms with Gasteiger partial charge in [-0.25, -0.2) is 9.37 Å². The first kappa shape index (κ1) is 23.3. The predicted molar refractivity (Wildman–Crippen MR) is 130 cm³/mol. The first-order valence-corrected chi connectivity index (χ1v) is 11.4. The number of ether oxygens (including phenoxy) is 2. The highest BCUT2D eigenvalue weighted by Gasteiger charge is 2.12. The predicted octanol–water partition coefficient (Wildman–Crippen LogP) is 5.02. The van der Waals surface area contributed by atoms with Gasteiger partial charge in [0.15, 0.2) is 0 Å². The molecule has 0 saturated carbocycles. The van der Waals surface area contributed by atoms with Gasteiger partial charge in [0.25, 0.3) is 5.91 Å². The number of para-hydroxylation sites is 2. The largest absolute Gasteiger partial charge is 0.497 e. The van der Waals surface area contributed by atoms with E-state index in [1.165, 1.54) is 12.1 Å². The minimum absolute atomic E-state index is 0.0617. The van der Waals surface area contributed by atoms with E-state index >= 15 is 0 Å². The van der Waals surface area contributed by atoms with E-state index < -0.39 is 11.7 Å². The average molecular weight is 462 g/mol. The van der Waals surface area contributed by atoms with Gasteiger partial charge in [-0.2, -0.15) is 0 Å². The van der Waals surface area contributed by atoms with Crippen molar-refractivity contribution in [2.45, 2.75) is 25.8 Å². The highest BCUT2D eigenvalue weighted by molar-refractivity contribution is 5.94. The summed E-state index contributed by atoms with van der Waals surface area (Å²) in [5, 5.41) is 2.80. The number of hydrogen-bond donors (Lipinski definition) is 1. The van der Waals surface area contributed by atoms with Gasteiger partial charge < -0.3 is 19.4 Å². The lowest BCUT2D eigenvalue weighted by Crippen LogP contribution is -2.25. The number of hydrogen-bond acceptors (Lipinski definition) is 4. The molecular formula is C27H28FN3O3. The summed E-state index contributed by atoms with van der Waals surface area (Å²) in [5.41, 5.74) is 2.09. The lowest BCUT2D eigenvalue weighted by molar-refractivity contribution is 0.0949. The van der Waals surface area contributed by atoms with Gasteiger partial charge >= 0.3 is 0 Å². The molecule has 0 spiro atoms. The molecule has 1 heterocycles. The highest BCUT2D eigenvalue weighted by Crippen LogP contribution is 2.19. The fraction of sp³-hybridized carbons (Fsp3) is 0.259. The van der Waals surface area contributed by atoms with Crippen LogP contribution < -0.4 is 14.8 Å². The van der Waals surface area contributed by atoms with E-state index in [1.807, 2.05) is 42.5 Å². The van der Waals surface area contributed by atoms with Crippen LogP contribution in [-0.2, 0) is 13.0 Å². The summed E-state index contributed by atoms with van der Waals surface area (Å²) in [5.74, 6) is 1.65. The van der Waals surface area contributed by atoms with E-state index in [-0.39, 0.29) is 5.56 Å².